The van der Waals surface area contributed by atoms with Crippen LogP contribution in [0.25, 0.3) is 0 Å². The lowest BCUT2D eigenvalue weighted by molar-refractivity contribution is -0.168. The van der Waals surface area contributed by atoms with Crippen molar-refractivity contribution < 1.29 is 21.6 Å². The van der Waals surface area contributed by atoms with Gasteiger partial charge in [0.2, 0.25) is 10.0 Å². The van der Waals surface area contributed by atoms with Gasteiger partial charge in [0.1, 0.15) is 0 Å². The fraction of sp³-hybridized carbons (Fsp3) is 0.625. The van der Waals surface area contributed by atoms with Crippen LogP contribution >= 0.6 is 11.6 Å². The molecule has 2 aliphatic heterocycles. The summed E-state index contributed by atoms with van der Waals surface area (Å²) in [7, 11) is -3.55. The molecule has 26 heavy (non-hydrogen) atoms. The fourth-order valence-corrected chi connectivity index (χ4v) is 5.10. The molecule has 0 radical (unpaired) electrons. The molecule has 0 aliphatic carbocycles. The van der Waals surface area contributed by atoms with Crippen molar-refractivity contribution in [3.05, 3.63) is 34.9 Å². The Labute approximate surface area is 155 Å². The minimum absolute atomic E-state index is 0.0841. The Hall–Kier alpha value is -1.19. The first-order chi connectivity index (χ1) is 12.1. The van der Waals surface area contributed by atoms with Gasteiger partial charge in [-0.05, 0) is 42.9 Å². The van der Waals surface area contributed by atoms with E-state index in [9.17, 15) is 21.6 Å². The molecule has 0 N–H and O–H groups in total. The van der Waals surface area contributed by atoms with Gasteiger partial charge in [-0.25, -0.2) is 12.7 Å². The second-order valence-corrected chi connectivity index (χ2v) is 9.31. The van der Waals surface area contributed by atoms with Crippen molar-refractivity contribution in [1.82, 2.24) is 4.31 Å². The topological polar surface area (TPSA) is 62.1 Å². The van der Waals surface area contributed by atoms with Crippen molar-refractivity contribution in [2.24, 2.45) is 16.1 Å². The molecule has 5 nitrogen and oxygen atoms in total. The van der Waals surface area contributed by atoms with Gasteiger partial charge in [0.05, 0.1) is 5.75 Å². The van der Waals surface area contributed by atoms with Crippen LogP contribution in [0.1, 0.15) is 24.8 Å². The molecule has 1 aromatic rings. The van der Waals surface area contributed by atoms with Gasteiger partial charge >= 0.3 is 6.18 Å². The summed E-state index contributed by atoms with van der Waals surface area (Å²) in [5, 5.41) is 6.91. The van der Waals surface area contributed by atoms with Crippen molar-refractivity contribution in [1.29, 1.82) is 0 Å². The van der Waals surface area contributed by atoms with Crippen LogP contribution in [0.3, 0.4) is 0 Å². The van der Waals surface area contributed by atoms with Crippen molar-refractivity contribution in [3.8, 4) is 0 Å². The normalized spacial score (nSPS) is 23.2. The molecule has 2 heterocycles. The van der Waals surface area contributed by atoms with Crippen LogP contribution in [0.2, 0.25) is 5.02 Å². The van der Waals surface area contributed by atoms with E-state index in [4.69, 9.17) is 11.6 Å². The Morgan fingerprint density at radius 1 is 1.31 bits per heavy atom. The van der Waals surface area contributed by atoms with E-state index in [1.165, 1.54) is 4.31 Å². The molecule has 0 bridgehead atoms. The number of hydrogen-bond donors (Lipinski definition) is 0. The minimum atomic E-state index is -4.51. The van der Waals surface area contributed by atoms with Gasteiger partial charge in [0.15, 0.2) is 0 Å². The highest BCUT2D eigenvalue weighted by atomic mass is 35.5. The van der Waals surface area contributed by atoms with Gasteiger partial charge < -0.3 is 0 Å². The summed E-state index contributed by atoms with van der Waals surface area (Å²) in [6.07, 6.45) is -3.41. The van der Waals surface area contributed by atoms with Crippen LogP contribution in [-0.2, 0) is 16.4 Å². The van der Waals surface area contributed by atoms with Crippen LogP contribution in [0, 0.1) is 5.92 Å². The molecule has 0 amide bonds. The molecule has 2 aliphatic rings. The number of alkyl halides is 3. The average molecular weight is 410 g/mol. The highest BCUT2D eigenvalue weighted by Crippen LogP contribution is 2.49. The number of piperidine rings is 1. The summed E-state index contributed by atoms with van der Waals surface area (Å²) >= 11 is 5.90. The predicted molar refractivity (Wildman–Crippen MR) is 91.5 cm³/mol. The predicted octanol–water partition coefficient (Wildman–Crippen LogP) is 4.04. The third-order valence-electron chi connectivity index (χ3n) is 4.78. The van der Waals surface area contributed by atoms with E-state index in [0.717, 1.165) is 5.56 Å². The van der Waals surface area contributed by atoms with E-state index in [2.05, 4.69) is 10.2 Å². The number of nitrogens with zero attached hydrogens (tertiary/aromatic N) is 3. The highest BCUT2D eigenvalue weighted by molar-refractivity contribution is 7.89. The summed E-state index contributed by atoms with van der Waals surface area (Å²) in [5.74, 6) is -0.500. The zero-order chi connectivity index (χ0) is 19.0. The maximum absolute atomic E-state index is 13.0. The number of hydrogen-bond acceptors (Lipinski definition) is 4. The second-order valence-electron chi connectivity index (χ2n) is 6.78. The standard InChI is InChI=1S/C16H19ClF3N3O2S/c17-14-5-1-3-12(9-14)6-8-26(24,25)23-7-2-4-13(11-23)10-15(21-22-15)16(18,19)20/h1,3,5,9,13H,2,4,6-8,10-11H2. The van der Waals surface area contributed by atoms with Gasteiger partial charge in [0, 0.05) is 24.5 Å². The lowest BCUT2D eigenvalue weighted by atomic mass is 9.90. The molecule has 0 saturated carbocycles. The van der Waals surface area contributed by atoms with Crippen molar-refractivity contribution in [3.63, 3.8) is 0 Å². The molecule has 0 spiro atoms. The van der Waals surface area contributed by atoms with Crippen LogP contribution in [0.15, 0.2) is 34.5 Å². The number of benzene rings is 1. The molecule has 1 aromatic carbocycles. The zero-order valence-electron chi connectivity index (χ0n) is 13.9. The number of halogens is 4. The molecule has 1 atom stereocenters. The SMILES string of the molecule is O=S(=O)(CCc1cccc(Cl)c1)N1CCCC(CC2(C(F)(F)F)N=N2)C1. The molecule has 3 rings (SSSR count). The molecule has 0 aromatic heterocycles. The Morgan fingerprint density at radius 2 is 2.04 bits per heavy atom. The van der Waals surface area contributed by atoms with Crippen LogP contribution in [0.4, 0.5) is 13.2 Å². The Morgan fingerprint density at radius 3 is 2.65 bits per heavy atom. The van der Waals surface area contributed by atoms with Gasteiger partial charge in [-0.2, -0.15) is 13.2 Å². The molecular weight excluding hydrogens is 391 g/mol. The molecule has 1 unspecified atom stereocenters. The lowest BCUT2D eigenvalue weighted by Crippen LogP contribution is -2.44. The Balaban J connectivity index is 1.59. The summed E-state index contributed by atoms with van der Waals surface area (Å²) in [5.41, 5.74) is -1.51. The Bertz CT molecular complexity index is 792. The van der Waals surface area contributed by atoms with Crippen molar-refractivity contribution in [2.45, 2.75) is 37.5 Å². The van der Waals surface area contributed by atoms with Crippen LogP contribution in [-0.4, -0.2) is 43.4 Å². The van der Waals surface area contributed by atoms with E-state index < -0.39 is 27.8 Å². The Kier molecular flexibility index (Phi) is 5.33. The zero-order valence-corrected chi connectivity index (χ0v) is 15.5. The smallest absolute Gasteiger partial charge is 0.212 e. The minimum Gasteiger partial charge on any atom is -0.212 e. The summed E-state index contributed by atoms with van der Waals surface area (Å²) in [4.78, 5) is 0. The fourth-order valence-electron chi connectivity index (χ4n) is 3.29. The van der Waals surface area contributed by atoms with E-state index >= 15 is 0 Å². The van der Waals surface area contributed by atoms with Gasteiger partial charge in [-0.1, -0.05) is 23.7 Å². The van der Waals surface area contributed by atoms with Crippen LogP contribution in [0.5, 0.6) is 0 Å². The summed E-state index contributed by atoms with van der Waals surface area (Å²) in [6.45, 7) is 0.419. The number of aryl methyl sites for hydroxylation is 1. The van der Waals surface area contributed by atoms with E-state index in [0.29, 0.717) is 30.8 Å². The first-order valence-corrected chi connectivity index (χ1v) is 10.3. The third-order valence-corrected chi connectivity index (χ3v) is 6.86. The van der Waals surface area contributed by atoms with Crippen molar-refractivity contribution >= 4 is 21.6 Å². The van der Waals surface area contributed by atoms with E-state index in [1.54, 1.807) is 24.3 Å². The first kappa shape index (κ1) is 19.6. The largest absolute Gasteiger partial charge is 0.437 e. The van der Waals surface area contributed by atoms with Crippen LogP contribution < -0.4 is 0 Å². The maximum atomic E-state index is 13.0. The average Bonchev–Trinajstić information content (AvgIpc) is 3.34. The molecule has 144 valence electrons. The van der Waals surface area contributed by atoms with Gasteiger partial charge in [0.25, 0.3) is 5.66 Å². The number of rotatable bonds is 6. The first-order valence-electron chi connectivity index (χ1n) is 8.34. The lowest BCUT2D eigenvalue weighted by Gasteiger charge is -2.33. The van der Waals surface area contributed by atoms with E-state index in [1.807, 2.05) is 0 Å². The molecule has 1 fully saturated rings. The van der Waals surface area contributed by atoms with Gasteiger partial charge in [-0.3, -0.25) is 0 Å². The summed E-state index contributed by atoms with van der Waals surface area (Å²) < 4.78 is 65.5. The quantitative estimate of drug-likeness (QED) is 0.711. The van der Waals surface area contributed by atoms with E-state index in [-0.39, 0.29) is 18.7 Å². The van der Waals surface area contributed by atoms with Gasteiger partial charge in [-0.15, -0.1) is 10.2 Å². The molecule has 10 heteroatoms. The molecule has 1 saturated heterocycles. The maximum Gasteiger partial charge on any atom is 0.437 e. The number of sulfonamides is 1. The highest BCUT2D eigenvalue weighted by Gasteiger charge is 2.64. The summed E-state index contributed by atoms with van der Waals surface area (Å²) in [6, 6.07) is 6.96. The third kappa shape index (κ3) is 4.37. The van der Waals surface area contributed by atoms with Crippen molar-refractivity contribution in [2.75, 3.05) is 18.8 Å². The molecular formula is C16H19ClF3N3O2S. The second kappa shape index (κ2) is 7.09. The monoisotopic (exact) mass is 409 g/mol.